The van der Waals surface area contributed by atoms with E-state index < -0.39 is 4.92 Å². The molecule has 0 saturated heterocycles. The van der Waals surface area contributed by atoms with E-state index in [0.29, 0.717) is 16.9 Å². The maximum Gasteiger partial charge on any atom is 0.271 e. The second-order valence-corrected chi connectivity index (χ2v) is 5.81. The number of nitro benzene ring substituents is 1. The van der Waals surface area contributed by atoms with Gasteiger partial charge in [-0.2, -0.15) is 4.99 Å². The van der Waals surface area contributed by atoms with Gasteiger partial charge in [0.15, 0.2) is 4.80 Å². The van der Waals surface area contributed by atoms with E-state index in [1.54, 1.807) is 30.6 Å². The Labute approximate surface area is 125 Å². The molecule has 21 heavy (non-hydrogen) atoms. The van der Waals surface area contributed by atoms with Gasteiger partial charge in [0.2, 0.25) is 0 Å². The molecule has 2 aromatic rings. The Morgan fingerprint density at radius 2 is 2.29 bits per heavy atom. The number of rotatable bonds is 4. The smallest absolute Gasteiger partial charge is 0.271 e. The summed E-state index contributed by atoms with van der Waals surface area (Å²) in [6, 6.07) is 4.62. The van der Waals surface area contributed by atoms with Gasteiger partial charge in [-0.3, -0.25) is 14.9 Å². The average Bonchev–Trinajstić information content (AvgIpc) is 2.76. The predicted molar refractivity (Wildman–Crippen MR) is 82.1 cm³/mol. The van der Waals surface area contributed by atoms with Gasteiger partial charge >= 0.3 is 0 Å². The number of allylic oxidation sites excluding steroid dienone is 1. The number of non-ortho nitro benzene ring substituents is 1. The lowest BCUT2D eigenvalue weighted by molar-refractivity contribution is -0.384. The van der Waals surface area contributed by atoms with E-state index in [2.05, 4.69) is 11.6 Å². The van der Waals surface area contributed by atoms with Crippen molar-refractivity contribution in [2.75, 3.05) is 0 Å². The second kappa shape index (κ2) is 6.01. The molecule has 0 aliphatic rings. The molecule has 0 saturated carbocycles. The molecule has 0 radical (unpaired) electrons. The first-order valence-corrected chi connectivity index (χ1v) is 7.23. The number of nitro groups is 1. The molecular weight excluding hydrogens is 290 g/mol. The Kier molecular flexibility index (Phi) is 4.32. The molecule has 0 N–H and O–H groups in total. The van der Waals surface area contributed by atoms with E-state index >= 15 is 0 Å². The highest BCUT2D eigenvalue weighted by molar-refractivity contribution is 7.16. The molecule has 110 valence electrons. The van der Waals surface area contributed by atoms with Gasteiger partial charge in [-0.1, -0.05) is 31.3 Å². The molecule has 1 heterocycles. The van der Waals surface area contributed by atoms with Crippen LogP contribution in [0, 0.1) is 16.0 Å². The summed E-state index contributed by atoms with van der Waals surface area (Å²) in [5.41, 5.74) is 0.698. The number of fused-ring (bicyclic) bond motifs is 1. The van der Waals surface area contributed by atoms with Gasteiger partial charge in [0.05, 0.1) is 15.1 Å². The number of amides is 1. The molecule has 0 spiro atoms. The van der Waals surface area contributed by atoms with Gasteiger partial charge in [0.1, 0.15) is 0 Å². The van der Waals surface area contributed by atoms with Crippen LogP contribution in [0.2, 0.25) is 0 Å². The van der Waals surface area contributed by atoms with Crippen molar-refractivity contribution >= 4 is 33.1 Å². The Balaban J connectivity index is 2.71. The van der Waals surface area contributed by atoms with Crippen LogP contribution >= 0.6 is 11.3 Å². The molecule has 7 heteroatoms. The quantitative estimate of drug-likeness (QED) is 0.495. The highest BCUT2D eigenvalue weighted by atomic mass is 32.1. The lowest BCUT2D eigenvalue weighted by Gasteiger charge is -2.01. The first kappa shape index (κ1) is 15.1. The number of hydrogen-bond donors (Lipinski definition) is 0. The van der Waals surface area contributed by atoms with E-state index in [1.807, 2.05) is 0 Å². The van der Waals surface area contributed by atoms with Gasteiger partial charge in [0.25, 0.3) is 11.6 Å². The highest BCUT2D eigenvalue weighted by Gasteiger charge is 2.13. The first-order chi connectivity index (χ1) is 9.93. The van der Waals surface area contributed by atoms with Crippen LogP contribution in [0.25, 0.3) is 10.2 Å². The number of aromatic nitrogens is 1. The number of carbonyl (C=O) groups excluding carboxylic acids is 1. The van der Waals surface area contributed by atoms with Crippen molar-refractivity contribution < 1.29 is 9.72 Å². The van der Waals surface area contributed by atoms with E-state index in [4.69, 9.17) is 0 Å². The fourth-order valence-electron chi connectivity index (χ4n) is 1.79. The SMILES string of the molecule is C=CCn1c(=NC(=O)C(C)C)sc2ccc([N+](=O)[O-])cc21. The second-order valence-electron chi connectivity index (χ2n) is 4.80. The first-order valence-electron chi connectivity index (χ1n) is 6.41. The fourth-order valence-corrected chi connectivity index (χ4v) is 2.81. The number of hydrogen-bond acceptors (Lipinski definition) is 4. The Hall–Kier alpha value is -2.28. The summed E-state index contributed by atoms with van der Waals surface area (Å²) in [6.07, 6.45) is 1.67. The normalized spacial score (nSPS) is 12.0. The third kappa shape index (κ3) is 3.08. The fraction of sp³-hybridized carbons (Fsp3) is 0.286. The Bertz CT molecular complexity index is 786. The van der Waals surface area contributed by atoms with Gasteiger partial charge in [-0.15, -0.1) is 6.58 Å². The van der Waals surface area contributed by atoms with Crippen LogP contribution in [0.3, 0.4) is 0 Å². The minimum absolute atomic E-state index is 0.0137. The summed E-state index contributed by atoms with van der Waals surface area (Å²) >= 11 is 1.34. The van der Waals surface area contributed by atoms with Crippen molar-refractivity contribution in [3.05, 3.63) is 45.8 Å². The summed E-state index contributed by atoms with van der Waals surface area (Å²) in [7, 11) is 0. The van der Waals surface area contributed by atoms with Crippen LogP contribution in [-0.4, -0.2) is 15.4 Å². The molecule has 0 atom stereocenters. The molecule has 0 aliphatic heterocycles. The summed E-state index contributed by atoms with van der Waals surface area (Å²) in [5, 5.41) is 10.9. The highest BCUT2D eigenvalue weighted by Crippen LogP contribution is 2.23. The zero-order valence-corrected chi connectivity index (χ0v) is 12.6. The summed E-state index contributed by atoms with van der Waals surface area (Å²) in [4.78, 5) is 26.9. The average molecular weight is 305 g/mol. The van der Waals surface area contributed by atoms with Crippen molar-refractivity contribution in [3.63, 3.8) is 0 Å². The molecule has 2 rings (SSSR count). The largest absolute Gasteiger partial charge is 0.312 e. The number of nitrogens with zero attached hydrogens (tertiary/aromatic N) is 3. The van der Waals surface area contributed by atoms with Gasteiger partial charge in [-0.05, 0) is 6.07 Å². The summed E-state index contributed by atoms with van der Waals surface area (Å²) < 4.78 is 2.61. The van der Waals surface area contributed by atoms with Crippen LogP contribution in [0.1, 0.15) is 13.8 Å². The van der Waals surface area contributed by atoms with Crippen LogP contribution in [0.15, 0.2) is 35.8 Å². The lowest BCUT2D eigenvalue weighted by Crippen LogP contribution is -2.18. The summed E-state index contributed by atoms with van der Waals surface area (Å²) in [5.74, 6) is -0.407. The number of carbonyl (C=O) groups is 1. The molecular formula is C14H15N3O3S. The zero-order valence-electron chi connectivity index (χ0n) is 11.8. The molecule has 0 unspecified atom stereocenters. The monoisotopic (exact) mass is 305 g/mol. The summed E-state index contributed by atoms with van der Waals surface area (Å²) in [6.45, 7) is 7.67. The molecule has 0 bridgehead atoms. The lowest BCUT2D eigenvalue weighted by atomic mass is 10.2. The van der Waals surface area contributed by atoms with Crippen molar-refractivity contribution in [3.8, 4) is 0 Å². The van der Waals surface area contributed by atoms with Crippen LogP contribution in [-0.2, 0) is 11.3 Å². The van der Waals surface area contributed by atoms with Crippen molar-refractivity contribution in [1.82, 2.24) is 4.57 Å². The minimum atomic E-state index is -0.439. The molecule has 0 fully saturated rings. The number of thiazole rings is 1. The van der Waals surface area contributed by atoms with E-state index in [-0.39, 0.29) is 17.5 Å². The van der Waals surface area contributed by atoms with E-state index in [9.17, 15) is 14.9 Å². The van der Waals surface area contributed by atoms with Crippen LogP contribution in [0.5, 0.6) is 0 Å². The predicted octanol–water partition coefficient (Wildman–Crippen LogP) is 2.88. The Morgan fingerprint density at radius 1 is 1.57 bits per heavy atom. The standard InChI is InChI=1S/C14H15N3O3S/c1-4-7-16-11-8-10(17(19)20)5-6-12(11)21-14(16)15-13(18)9(2)3/h4-6,8-9H,1,7H2,2-3H3. The van der Waals surface area contributed by atoms with Crippen molar-refractivity contribution in [2.24, 2.45) is 10.9 Å². The Morgan fingerprint density at radius 3 is 2.86 bits per heavy atom. The minimum Gasteiger partial charge on any atom is -0.312 e. The third-order valence-electron chi connectivity index (χ3n) is 2.89. The van der Waals surface area contributed by atoms with Gasteiger partial charge < -0.3 is 4.57 Å². The maximum atomic E-state index is 11.8. The van der Waals surface area contributed by atoms with Crippen LogP contribution < -0.4 is 4.80 Å². The van der Waals surface area contributed by atoms with Crippen molar-refractivity contribution in [2.45, 2.75) is 20.4 Å². The van der Waals surface area contributed by atoms with Gasteiger partial charge in [0, 0.05) is 24.6 Å². The van der Waals surface area contributed by atoms with Crippen LogP contribution in [0.4, 0.5) is 5.69 Å². The molecule has 6 nitrogen and oxygen atoms in total. The van der Waals surface area contributed by atoms with E-state index in [0.717, 1.165) is 4.70 Å². The molecule has 1 aromatic heterocycles. The molecule has 1 aromatic carbocycles. The molecule has 1 amide bonds. The topological polar surface area (TPSA) is 77.5 Å². The zero-order chi connectivity index (χ0) is 15.6. The maximum absolute atomic E-state index is 11.8. The number of benzene rings is 1. The molecule has 0 aliphatic carbocycles. The third-order valence-corrected chi connectivity index (χ3v) is 3.95. The van der Waals surface area contributed by atoms with Crippen molar-refractivity contribution in [1.29, 1.82) is 0 Å². The van der Waals surface area contributed by atoms with Gasteiger partial charge in [-0.25, -0.2) is 0 Å². The van der Waals surface area contributed by atoms with E-state index in [1.165, 1.54) is 23.5 Å².